The summed E-state index contributed by atoms with van der Waals surface area (Å²) in [6.45, 7) is 5.90. The molecule has 5 aromatic rings. The minimum absolute atomic E-state index is 0.0678. The molecule has 0 aliphatic heterocycles. The summed E-state index contributed by atoms with van der Waals surface area (Å²) in [7, 11) is 1.57. The molecule has 1 heterocycles. The smallest absolute Gasteiger partial charge is 0.356 e. The second kappa shape index (κ2) is 13.0. The van der Waals surface area contributed by atoms with E-state index in [0.717, 1.165) is 28.0 Å². The van der Waals surface area contributed by atoms with Gasteiger partial charge in [0.25, 0.3) is 5.91 Å². The fourth-order valence-electron chi connectivity index (χ4n) is 5.00. The zero-order valence-electron chi connectivity index (χ0n) is 24.5. The van der Waals surface area contributed by atoms with Gasteiger partial charge in [0.1, 0.15) is 17.2 Å². The number of fused-ring (bicyclic) bond motifs is 1. The zero-order valence-corrected chi connectivity index (χ0v) is 25.2. The first-order valence-corrected chi connectivity index (χ1v) is 14.5. The van der Waals surface area contributed by atoms with Crippen molar-refractivity contribution in [2.75, 3.05) is 19.0 Å². The Morgan fingerprint density at radius 2 is 1.63 bits per heavy atom. The quantitative estimate of drug-likeness (QED) is 0.158. The van der Waals surface area contributed by atoms with Crippen LogP contribution in [0.15, 0.2) is 84.9 Å². The van der Waals surface area contributed by atoms with Gasteiger partial charge in [0.2, 0.25) is 0 Å². The normalized spacial score (nSPS) is 11.0. The van der Waals surface area contributed by atoms with Gasteiger partial charge in [0.05, 0.1) is 25.5 Å². The molecule has 0 bridgehead atoms. The molecule has 0 radical (unpaired) electrons. The molecule has 2 N–H and O–H groups in total. The first kappa shape index (κ1) is 29.7. The molecule has 7 nitrogen and oxygen atoms in total. The van der Waals surface area contributed by atoms with Crippen LogP contribution < -0.4 is 14.8 Å². The van der Waals surface area contributed by atoms with Crippen molar-refractivity contribution in [1.29, 1.82) is 0 Å². The highest BCUT2D eigenvalue weighted by Gasteiger charge is 2.24. The summed E-state index contributed by atoms with van der Waals surface area (Å²) in [5.74, 6) is 0.491. The number of aromatic nitrogens is 1. The van der Waals surface area contributed by atoms with Gasteiger partial charge in [-0.2, -0.15) is 0 Å². The number of aromatic amines is 1. The van der Waals surface area contributed by atoms with E-state index in [-0.39, 0.29) is 24.3 Å². The van der Waals surface area contributed by atoms with Crippen LogP contribution in [0.1, 0.15) is 52.7 Å². The predicted molar refractivity (Wildman–Crippen MR) is 171 cm³/mol. The number of halogens is 1. The molecule has 0 atom stereocenters. The lowest BCUT2D eigenvalue weighted by Crippen LogP contribution is -2.15. The lowest BCUT2D eigenvalue weighted by molar-refractivity contribution is 0.0522. The Bertz CT molecular complexity index is 1760. The molecule has 0 saturated carbocycles. The van der Waals surface area contributed by atoms with E-state index in [2.05, 4.69) is 16.4 Å². The molecule has 0 aliphatic carbocycles. The number of esters is 1. The molecule has 0 aliphatic rings. The fourth-order valence-corrected chi connectivity index (χ4v) is 5.21. The second-order valence-electron chi connectivity index (χ2n) is 10.3. The first-order chi connectivity index (χ1) is 20.7. The molecule has 0 saturated heterocycles. The lowest BCUT2D eigenvalue weighted by atomic mass is 9.95. The summed E-state index contributed by atoms with van der Waals surface area (Å²) in [5.41, 5.74) is 5.42. The van der Waals surface area contributed by atoms with Gasteiger partial charge < -0.3 is 24.5 Å². The van der Waals surface area contributed by atoms with Crippen LogP contribution in [-0.4, -0.2) is 36.7 Å². The topological polar surface area (TPSA) is 89.7 Å². The van der Waals surface area contributed by atoms with Gasteiger partial charge in [-0.3, -0.25) is 4.79 Å². The van der Waals surface area contributed by atoms with Crippen LogP contribution >= 0.6 is 11.6 Å². The molecule has 0 spiro atoms. The molecule has 4 aromatic carbocycles. The van der Waals surface area contributed by atoms with Crippen molar-refractivity contribution < 1.29 is 23.8 Å². The Labute approximate surface area is 255 Å². The number of carbonyl (C=O) groups excluding carboxylic acids is 2. The summed E-state index contributed by atoms with van der Waals surface area (Å²) >= 11 is 6.33. The average molecular weight is 597 g/mol. The van der Waals surface area contributed by atoms with Crippen LogP contribution in [0.3, 0.4) is 0 Å². The van der Waals surface area contributed by atoms with Gasteiger partial charge in [-0.05, 0) is 110 Å². The first-order valence-electron chi connectivity index (χ1n) is 14.1. The number of carbonyl (C=O) groups is 2. The molecule has 1 aromatic heterocycles. The number of H-pyrrole nitrogens is 1. The van der Waals surface area contributed by atoms with Crippen LogP contribution in [0.5, 0.6) is 11.5 Å². The van der Waals surface area contributed by atoms with Crippen LogP contribution in [0.2, 0.25) is 5.02 Å². The Balaban J connectivity index is 1.66. The highest BCUT2D eigenvalue weighted by Crippen LogP contribution is 2.37. The molecule has 220 valence electrons. The number of amides is 1. The third-order valence-electron chi connectivity index (χ3n) is 6.89. The van der Waals surface area contributed by atoms with E-state index in [4.69, 9.17) is 25.8 Å². The maximum Gasteiger partial charge on any atom is 0.356 e. The van der Waals surface area contributed by atoms with Crippen molar-refractivity contribution in [3.8, 4) is 22.6 Å². The standard InChI is InChI=1S/C35H33ClN2O5/c1-5-42-35(40)33-32(38-34(39)24-11-13-28(41-4)14-12-24)31-26(17-22-7-6-8-27(36)18-22)19-25(20-30(31)37-33)23-9-15-29(16-10-23)43-21(2)3/h6-16,18-21,37H,5,17H2,1-4H3,(H,38,39). The van der Waals surface area contributed by atoms with Gasteiger partial charge in [-0.1, -0.05) is 35.9 Å². The largest absolute Gasteiger partial charge is 0.497 e. The molecule has 5 rings (SSSR count). The Morgan fingerprint density at radius 1 is 0.907 bits per heavy atom. The minimum Gasteiger partial charge on any atom is -0.497 e. The van der Waals surface area contributed by atoms with Crippen molar-refractivity contribution >= 4 is 40.1 Å². The van der Waals surface area contributed by atoms with E-state index in [0.29, 0.717) is 39.3 Å². The third-order valence-corrected chi connectivity index (χ3v) is 7.13. The summed E-state index contributed by atoms with van der Waals surface area (Å²) in [6, 6.07) is 26.3. The van der Waals surface area contributed by atoms with Crippen molar-refractivity contribution in [2.45, 2.75) is 33.3 Å². The molecular formula is C35H33ClN2O5. The zero-order chi connectivity index (χ0) is 30.5. The van der Waals surface area contributed by atoms with E-state index in [1.807, 2.05) is 68.4 Å². The summed E-state index contributed by atoms with van der Waals surface area (Å²) in [4.78, 5) is 29.9. The van der Waals surface area contributed by atoms with Gasteiger partial charge >= 0.3 is 5.97 Å². The molecule has 0 unspecified atom stereocenters. The molecule has 8 heteroatoms. The molecular weight excluding hydrogens is 564 g/mol. The Hall–Kier alpha value is -4.75. The molecule has 43 heavy (non-hydrogen) atoms. The number of benzene rings is 4. The molecule has 0 fully saturated rings. The van der Waals surface area contributed by atoms with E-state index < -0.39 is 5.97 Å². The van der Waals surface area contributed by atoms with E-state index in [9.17, 15) is 9.59 Å². The highest BCUT2D eigenvalue weighted by atomic mass is 35.5. The van der Waals surface area contributed by atoms with Gasteiger partial charge in [0, 0.05) is 21.5 Å². The SMILES string of the molecule is CCOC(=O)c1[nH]c2cc(-c3ccc(OC(C)C)cc3)cc(Cc3cccc(Cl)c3)c2c1NC(=O)c1ccc(OC)cc1. The minimum atomic E-state index is -0.561. The van der Waals surface area contributed by atoms with Crippen LogP contribution in [0.4, 0.5) is 5.69 Å². The van der Waals surface area contributed by atoms with Gasteiger partial charge in [0.15, 0.2) is 0 Å². The summed E-state index contributed by atoms with van der Waals surface area (Å²) in [5, 5.41) is 4.34. The molecule has 1 amide bonds. The van der Waals surface area contributed by atoms with Crippen molar-refractivity contribution in [1.82, 2.24) is 4.98 Å². The second-order valence-corrected chi connectivity index (χ2v) is 10.8. The highest BCUT2D eigenvalue weighted by molar-refractivity contribution is 6.30. The third kappa shape index (κ3) is 6.84. The van der Waals surface area contributed by atoms with E-state index >= 15 is 0 Å². The van der Waals surface area contributed by atoms with E-state index in [1.54, 1.807) is 38.3 Å². The number of hydrogen-bond donors (Lipinski definition) is 2. The van der Waals surface area contributed by atoms with Gasteiger partial charge in [-0.25, -0.2) is 4.79 Å². The van der Waals surface area contributed by atoms with Crippen molar-refractivity contribution in [3.63, 3.8) is 0 Å². The van der Waals surface area contributed by atoms with Crippen molar-refractivity contribution in [2.24, 2.45) is 0 Å². The van der Waals surface area contributed by atoms with E-state index in [1.165, 1.54) is 0 Å². The number of nitrogens with one attached hydrogen (secondary N) is 2. The number of anilines is 1. The lowest BCUT2D eigenvalue weighted by Gasteiger charge is -2.13. The van der Waals surface area contributed by atoms with Crippen molar-refractivity contribution in [3.05, 3.63) is 112 Å². The number of ether oxygens (including phenoxy) is 3. The van der Waals surface area contributed by atoms with Gasteiger partial charge in [-0.15, -0.1) is 0 Å². The predicted octanol–water partition coefficient (Wildman–Crippen LogP) is 8.30. The number of hydrogen-bond acceptors (Lipinski definition) is 5. The van der Waals surface area contributed by atoms with Crippen LogP contribution in [-0.2, 0) is 11.2 Å². The summed E-state index contributed by atoms with van der Waals surface area (Å²) < 4.78 is 16.4. The maximum atomic E-state index is 13.5. The monoisotopic (exact) mass is 596 g/mol. The summed E-state index contributed by atoms with van der Waals surface area (Å²) in [6.07, 6.45) is 0.573. The average Bonchev–Trinajstić information content (AvgIpc) is 3.36. The number of methoxy groups -OCH3 is 1. The maximum absolute atomic E-state index is 13.5. The Morgan fingerprint density at radius 3 is 2.28 bits per heavy atom. The van der Waals surface area contributed by atoms with Crippen LogP contribution in [0, 0.1) is 0 Å². The Kier molecular flexibility index (Phi) is 9.02. The van der Waals surface area contributed by atoms with Crippen LogP contribution in [0.25, 0.3) is 22.0 Å². The fraction of sp³-hybridized carbons (Fsp3) is 0.200. The number of rotatable bonds is 10.